The van der Waals surface area contributed by atoms with Gasteiger partial charge in [-0.2, -0.15) is 10.1 Å². The van der Waals surface area contributed by atoms with Gasteiger partial charge in [-0.3, -0.25) is 14.4 Å². The molecule has 1 aliphatic rings. The molecule has 3 aromatic carbocycles. The monoisotopic (exact) mass is 674 g/mol. The molecule has 0 radical (unpaired) electrons. The minimum absolute atomic E-state index is 0.106. The minimum atomic E-state index is -0.731. The maximum atomic E-state index is 14.4. The number of rotatable bonds is 7. The average Bonchev–Trinajstić information content (AvgIpc) is 3.78. The summed E-state index contributed by atoms with van der Waals surface area (Å²) in [7, 11) is 0. The number of hydrogen-bond donors (Lipinski definition) is 2. The van der Waals surface area contributed by atoms with Crippen molar-refractivity contribution < 1.29 is 18.9 Å². The molecule has 50 heavy (non-hydrogen) atoms. The van der Waals surface area contributed by atoms with Crippen LogP contribution in [0.3, 0.4) is 0 Å². The number of amides is 3. The van der Waals surface area contributed by atoms with Crippen molar-refractivity contribution in [3.8, 4) is 22.8 Å². The zero-order valence-electron chi connectivity index (χ0n) is 28.6. The van der Waals surface area contributed by atoms with Crippen LogP contribution in [0.4, 0.5) is 0 Å². The second kappa shape index (κ2) is 15.7. The van der Waals surface area contributed by atoms with E-state index in [4.69, 9.17) is 14.6 Å². The Morgan fingerprint density at radius 1 is 0.920 bits per heavy atom. The van der Waals surface area contributed by atoms with Gasteiger partial charge in [-0.1, -0.05) is 98.2 Å². The fraction of sp³-hybridized carbons (Fsp3) is 0.342. The first-order valence-corrected chi connectivity index (χ1v) is 17.1. The van der Waals surface area contributed by atoms with Crippen molar-refractivity contribution in [1.82, 2.24) is 40.4 Å². The van der Waals surface area contributed by atoms with Crippen LogP contribution in [0.25, 0.3) is 22.8 Å². The van der Waals surface area contributed by atoms with E-state index in [2.05, 4.69) is 20.8 Å². The standard InChI is InChI=1S/C38H42N8O4/c1-4-25(2)33-36(48)40-31(24-27-14-7-5-8-15-27)35-39-26(3)43-46(35)23-22-45(21-13-20-32(47)41-33)38(49)30-19-12-11-18-29(30)37-42-34(44-50-37)28-16-9-6-10-17-28/h5-12,14-19,25,31,33H,4,13,20-24H2,1-3H3,(H,40,48)(H,41,47)/t25-,31-,33-/m0/s1. The second-order valence-corrected chi connectivity index (χ2v) is 12.7. The first-order chi connectivity index (χ1) is 24.3. The lowest BCUT2D eigenvalue weighted by molar-refractivity contribution is -0.130. The quantitative estimate of drug-likeness (QED) is 0.240. The summed E-state index contributed by atoms with van der Waals surface area (Å²) < 4.78 is 7.43. The molecule has 0 aliphatic carbocycles. The molecule has 3 amide bonds. The zero-order valence-corrected chi connectivity index (χ0v) is 28.6. The van der Waals surface area contributed by atoms with E-state index in [0.717, 1.165) is 11.1 Å². The van der Waals surface area contributed by atoms with Gasteiger partial charge in [-0.25, -0.2) is 9.67 Å². The molecular formula is C38H42N8O4. The Morgan fingerprint density at radius 2 is 1.64 bits per heavy atom. The van der Waals surface area contributed by atoms with Gasteiger partial charge < -0.3 is 20.1 Å². The summed E-state index contributed by atoms with van der Waals surface area (Å²) in [6, 6.07) is 25.3. The summed E-state index contributed by atoms with van der Waals surface area (Å²) in [6.07, 6.45) is 1.71. The molecule has 2 N–H and O–H groups in total. The Bertz CT molecular complexity index is 1920. The summed E-state index contributed by atoms with van der Waals surface area (Å²) in [5.41, 5.74) is 2.74. The lowest BCUT2D eigenvalue weighted by atomic mass is 9.97. The van der Waals surface area contributed by atoms with Crippen molar-refractivity contribution in [3.63, 3.8) is 0 Å². The Kier molecular flexibility index (Phi) is 10.8. The van der Waals surface area contributed by atoms with E-state index in [1.54, 1.807) is 27.8 Å². The van der Waals surface area contributed by atoms with Crippen LogP contribution in [-0.2, 0) is 22.6 Å². The summed E-state index contributed by atoms with van der Waals surface area (Å²) in [5, 5.41) is 15.0. The van der Waals surface area contributed by atoms with E-state index in [0.29, 0.717) is 61.0 Å². The smallest absolute Gasteiger partial charge is 0.259 e. The minimum Gasteiger partial charge on any atom is -0.344 e. The lowest BCUT2D eigenvalue weighted by Crippen LogP contribution is -2.51. The molecule has 3 atom stereocenters. The topological polar surface area (TPSA) is 148 Å². The maximum absolute atomic E-state index is 14.4. The lowest BCUT2D eigenvalue weighted by Gasteiger charge is -2.28. The van der Waals surface area contributed by atoms with E-state index in [1.165, 1.54) is 0 Å². The normalized spacial score (nSPS) is 18.0. The first kappa shape index (κ1) is 34.2. The number of carbonyl (C=O) groups is 3. The molecule has 12 heteroatoms. The van der Waals surface area contributed by atoms with Crippen LogP contribution in [0.5, 0.6) is 0 Å². The number of nitrogens with one attached hydrogen (secondary N) is 2. The fourth-order valence-corrected chi connectivity index (χ4v) is 6.18. The number of aryl methyl sites for hydroxylation is 1. The van der Waals surface area contributed by atoms with E-state index in [1.807, 2.05) is 87.5 Å². The number of benzene rings is 3. The van der Waals surface area contributed by atoms with Crippen molar-refractivity contribution in [2.75, 3.05) is 13.1 Å². The first-order valence-electron chi connectivity index (χ1n) is 17.1. The molecule has 258 valence electrons. The van der Waals surface area contributed by atoms with Crippen LogP contribution in [0, 0.1) is 12.8 Å². The van der Waals surface area contributed by atoms with Crippen LogP contribution in [0.1, 0.15) is 66.7 Å². The molecule has 0 bridgehead atoms. The number of hydrogen-bond acceptors (Lipinski definition) is 8. The molecule has 3 heterocycles. The third-order valence-electron chi connectivity index (χ3n) is 9.08. The third-order valence-corrected chi connectivity index (χ3v) is 9.08. The Balaban J connectivity index is 1.33. The van der Waals surface area contributed by atoms with Gasteiger partial charge in [0.25, 0.3) is 11.8 Å². The Labute approximate surface area is 291 Å². The fourth-order valence-electron chi connectivity index (χ4n) is 6.18. The highest BCUT2D eigenvalue weighted by Crippen LogP contribution is 2.27. The van der Waals surface area contributed by atoms with E-state index >= 15 is 0 Å². The molecule has 12 nitrogen and oxygen atoms in total. The molecule has 6 rings (SSSR count). The molecule has 2 aromatic heterocycles. The van der Waals surface area contributed by atoms with Crippen molar-refractivity contribution in [2.45, 2.75) is 65.1 Å². The number of fused-ring (bicyclic) bond motifs is 1. The highest BCUT2D eigenvalue weighted by Gasteiger charge is 2.31. The van der Waals surface area contributed by atoms with Gasteiger partial charge in [-0.05, 0) is 43.4 Å². The highest BCUT2D eigenvalue weighted by atomic mass is 16.5. The van der Waals surface area contributed by atoms with Gasteiger partial charge in [-0.15, -0.1) is 0 Å². The van der Waals surface area contributed by atoms with Gasteiger partial charge in [0, 0.05) is 25.1 Å². The van der Waals surface area contributed by atoms with Crippen LogP contribution >= 0.6 is 0 Å². The van der Waals surface area contributed by atoms with E-state index < -0.39 is 12.1 Å². The summed E-state index contributed by atoms with van der Waals surface area (Å²) in [4.78, 5) is 52.5. The van der Waals surface area contributed by atoms with Crippen molar-refractivity contribution in [3.05, 3.63) is 108 Å². The predicted octanol–water partition coefficient (Wildman–Crippen LogP) is 5.17. The molecule has 1 aliphatic heterocycles. The molecule has 0 fully saturated rings. The largest absolute Gasteiger partial charge is 0.344 e. The van der Waals surface area contributed by atoms with Crippen LogP contribution < -0.4 is 10.6 Å². The molecule has 0 saturated carbocycles. The van der Waals surface area contributed by atoms with Crippen LogP contribution in [0.2, 0.25) is 0 Å². The van der Waals surface area contributed by atoms with Crippen LogP contribution in [-0.4, -0.2) is 66.7 Å². The van der Waals surface area contributed by atoms with Crippen molar-refractivity contribution >= 4 is 17.7 Å². The number of nitrogens with zero attached hydrogens (tertiary/aromatic N) is 6. The van der Waals surface area contributed by atoms with E-state index in [-0.39, 0.29) is 42.5 Å². The molecular weight excluding hydrogens is 632 g/mol. The Hall–Kier alpha value is -5.65. The van der Waals surface area contributed by atoms with Gasteiger partial charge in [0.15, 0.2) is 0 Å². The Morgan fingerprint density at radius 3 is 2.40 bits per heavy atom. The number of carbonyl (C=O) groups excluding carboxylic acids is 3. The van der Waals surface area contributed by atoms with Crippen molar-refractivity contribution in [2.24, 2.45) is 5.92 Å². The summed E-state index contributed by atoms with van der Waals surface area (Å²) in [6.45, 7) is 6.67. The molecule has 0 unspecified atom stereocenters. The van der Waals surface area contributed by atoms with E-state index in [9.17, 15) is 14.4 Å². The number of aromatic nitrogens is 5. The van der Waals surface area contributed by atoms with Crippen LogP contribution in [0.15, 0.2) is 89.5 Å². The zero-order chi connectivity index (χ0) is 35.0. The van der Waals surface area contributed by atoms with Gasteiger partial charge in [0.2, 0.25) is 17.6 Å². The second-order valence-electron chi connectivity index (χ2n) is 12.7. The average molecular weight is 675 g/mol. The third kappa shape index (κ3) is 7.96. The molecule has 0 spiro atoms. The summed E-state index contributed by atoms with van der Waals surface area (Å²) >= 11 is 0. The molecule has 0 saturated heterocycles. The van der Waals surface area contributed by atoms with Gasteiger partial charge in [0.1, 0.15) is 17.7 Å². The SMILES string of the molecule is CC[C@H](C)[C@@H]1NC(=O)CCCN(C(=O)c2ccccc2-c2nc(-c3ccccc3)no2)CCn2nc(C)nc2[C@H](Cc2ccccc2)NC1=O. The highest BCUT2D eigenvalue weighted by molar-refractivity contribution is 6.00. The van der Waals surface area contributed by atoms with Gasteiger partial charge >= 0.3 is 0 Å². The predicted molar refractivity (Wildman–Crippen MR) is 187 cm³/mol. The summed E-state index contributed by atoms with van der Waals surface area (Å²) in [5.74, 6) is 0.947. The maximum Gasteiger partial charge on any atom is 0.259 e. The van der Waals surface area contributed by atoms with Crippen molar-refractivity contribution in [1.29, 1.82) is 0 Å². The molecule has 5 aromatic rings. The van der Waals surface area contributed by atoms with Gasteiger partial charge in [0.05, 0.1) is 23.7 Å².